The number of methoxy groups -OCH3 is 1. The number of para-hydroxylation sites is 1. The van der Waals surface area contributed by atoms with Crippen molar-refractivity contribution in [3.63, 3.8) is 0 Å². The van der Waals surface area contributed by atoms with Gasteiger partial charge in [-0.05, 0) is 18.1 Å². The van der Waals surface area contributed by atoms with Gasteiger partial charge >= 0.3 is 5.97 Å². The smallest absolute Gasteiger partial charge is 0.303 e. The van der Waals surface area contributed by atoms with Crippen molar-refractivity contribution in [3.05, 3.63) is 29.8 Å². The van der Waals surface area contributed by atoms with Gasteiger partial charge in [-0.25, -0.2) is 0 Å². The first-order chi connectivity index (χ1) is 7.24. The fourth-order valence-electron chi connectivity index (χ4n) is 1.15. The normalized spacial score (nSPS) is 8.73. The van der Waals surface area contributed by atoms with Crippen molar-refractivity contribution in [1.82, 2.24) is 0 Å². The van der Waals surface area contributed by atoms with Gasteiger partial charge < -0.3 is 9.84 Å². The molecule has 1 N–H and O–H groups in total. The molecule has 1 aromatic rings. The van der Waals surface area contributed by atoms with Crippen molar-refractivity contribution in [3.8, 4) is 5.75 Å². The second-order valence-corrected chi connectivity index (χ2v) is 2.71. The summed E-state index contributed by atoms with van der Waals surface area (Å²) >= 11 is 0. The minimum Gasteiger partial charge on any atom is -0.496 e. The number of ether oxygens (including phenoxy) is 1. The minimum absolute atomic E-state index is 0.139. The van der Waals surface area contributed by atoms with E-state index in [0.717, 1.165) is 11.3 Å². The van der Waals surface area contributed by atoms with Gasteiger partial charge in [-0.2, -0.15) is 0 Å². The Hall–Kier alpha value is -1.51. The van der Waals surface area contributed by atoms with Crippen LogP contribution < -0.4 is 4.74 Å². The van der Waals surface area contributed by atoms with Crippen LogP contribution in [0.25, 0.3) is 0 Å². The molecule has 0 bridgehead atoms. The number of carbonyl (C=O) groups is 1. The number of aryl methyl sites for hydroxylation is 1. The summed E-state index contributed by atoms with van der Waals surface area (Å²) in [6.07, 6.45) is 0.652. The summed E-state index contributed by atoms with van der Waals surface area (Å²) < 4.78 is 5.08. The average molecular weight is 210 g/mol. The Morgan fingerprint density at radius 1 is 1.33 bits per heavy atom. The highest BCUT2D eigenvalue weighted by Gasteiger charge is 2.03. The molecule has 0 aliphatic rings. The van der Waals surface area contributed by atoms with Crippen LogP contribution in [-0.2, 0) is 11.2 Å². The van der Waals surface area contributed by atoms with E-state index in [4.69, 9.17) is 9.84 Å². The fraction of sp³-hybridized carbons (Fsp3) is 0.417. The predicted molar refractivity (Wildman–Crippen MR) is 60.3 cm³/mol. The lowest BCUT2D eigenvalue weighted by atomic mass is 10.1. The first-order valence-electron chi connectivity index (χ1n) is 5.07. The number of hydrogen-bond acceptors (Lipinski definition) is 2. The van der Waals surface area contributed by atoms with Crippen LogP contribution >= 0.6 is 0 Å². The van der Waals surface area contributed by atoms with Crippen LogP contribution in [0.2, 0.25) is 0 Å². The fourth-order valence-corrected chi connectivity index (χ4v) is 1.15. The number of aliphatic carboxylic acids is 1. The van der Waals surface area contributed by atoms with Crippen LogP contribution in [0, 0.1) is 0 Å². The third-order valence-electron chi connectivity index (χ3n) is 1.80. The van der Waals surface area contributed by atoms with Crippen molar-refractivity contribution in [2.75, 3.05) is 7.11 Å². The topological polar surface area (TPSA) is 46.5 Å². The molecule has 0 aromatic heterocycles. The van der Waals surface area contributed by atoms with Gasteiger partial charge in [0.2, 0.25) is 0 Å². The van der Waals surface area contributed by atoms with Gasteiger partial charge in [-0.3, -0.25) is 4.79 Å². The summed E-state index contributed by atoms with van der Waals surface area (Å²) in [5.41, 5.74) is 0.937. The second-order valence-electron chi connectivity index (χ2n) is 2.71. The van der Waals surface area contributed by atoms with Crippen LogP contribution in [0.1, 0.15) is 25.8 Å². The maximum atomic E-state index is 10.3. The van der Waals surface area contributed by atoms with E-state index in [-0.39, 0.29) is 6.42 Å². The zero-order valence-electron chi connectivity index (χ0n) is 9.49. The lowest BCUT2D eigenvalue weighted by Crippen LogP contribution is -1.99. The predicted octanol–water partition coefficient (Wildman–Crippen LogP) is 2.74. The van der Waals surface area contributed by atoms with Crippen molar-refractivity contribution < 1.29 is 14.6 Å². The molecule has 0 aliphatic heterocycles. The van der Waals surface area contributed by atoms with Crippen LogP contribution in [0.3, 0.4) is 0 Å². The summed E-state index contributed by atoms with van der Waals surface area (Å²) in [4.78, 5) is 10.3. The Kier molecular flexibility index (Phi) is 7.06. The van der Waals surface area contributed by atoms with Gasteiger partial charge in [-0.15, -0.1) is 0 Å². The number of rotatable bonds is 4. The lowest BCUT2D eigenvalue weighted by Gasteiger charge is -2.05. The molecule has 84 valence electrons. The van der Waals surface area contributed by atoms with Gasteiger partial charge in [0.15, 0.2) is 0 Å². The standard InChI is InChI=1S/C10H12O3.C2H6/c1-13-9-5-3-2-4-8(9)6-7-10(11)12;1-2/h2-5H,6-7H2,1H3,(H,11,12);1-2H3. The average Bonchev–Trinajstić information content (AvgIpc) is 2.29. The summed E-state index contributed by atoms with van der Waals surface area (Å²) in [7, 11) is 1.58. The summed E-state index contributed by atoms with van der Waals surface area (Å²) in [5, 5.41) is 8.50. The Morgan fingerprint density at radius 2 is 1.93 bits per heavy atom. The van der Waals surface area contributed by atoms with E-state index in [1.165, 1.54) is 0 Å². The molecule has 0 fully saturated rings. The van der Waals surface area contributed by atoms with Crippen LogP contribution in [0.4, 0.5) is 0 Å². The molecule has 3 nitrogen and oxygen atoms in total. The van der Waals surface area contributed by atoms with Gasteiger partial charge in [0.1, 0.15) is 5.75 Å². The Morgan fingerprint density at radius 3 is 2.47 bits per heavy atom. The van der Waals surface area contributed by atoms with E-state index >= 15 is 0 Å². The quantitative estimate of drug-likeness (QED) is 0.831. The van der Waals surface area contributed by atoms with Gasteiger partial charge in [0.25, 0.3) is 0 Å². The molecular weight excluding hydrogens is 192 g/mol. The monoisotopic (exact) mass is 210 g/mol. The lowest BCUT2D eigenvalue weighted by molar-refractivity contribution is -0.136. The highest BCUT2D eigenvalue weighted by atomic mass is 16.5. The Labute approximate surface area is 90.7 Å². The zero-order valence-corrected chi connectivity index (χ0v) is 9.49. The molecule has 1 aromatic carbocycles. The first kappa shape index (κ1) is 13.5. The number of carboxylic acids is 1. The number of hydrogen-bond donors (Lipinski definition) is 1. The molecule has 3 heteroatoms. The molecular formula is C12H18O3. The Balaban J connectivity index is 0.000000921. The summed E-state index contributed by atoms with van der Waals surface area (Å²) in [6, 6.07) is 7.45. The third kappa shape index (κ3) is 5.05. The largest absolute Gasteiger partial charge is 0.496 e. The van der Waals surface area contributed by atoms with E-state index in [0.29, 0.717) is 6.42 Å². The van der Waals surface area contributed by atoms with Crippen LogP contribution in [0.15, 0.2) is 24.3 Å². The zero-order chi connectivity index (χ0) is 11.7. The Bertz CT molecular complexity index is 295. The highest BCUT2D eigenvalue weighted by molar-refractivity contribution is 5.67. The van der Waals surface area contributed by atoms with Gasteiger partial charge in [0.05, 0.1) is 7.11 Å². The van der Waals surface area contributed by atoms with Crippen molar-refractivity contribution in [2.24, 2.45) is 0 Å². The highest BCUT2D eigenvalue weighted by Crippen LogP contribution is 2.18. The van der Waals surface area contributed by atoms with Crippen molar-refractivity contribution in [2.45, 2.75) is 26.7 Å². The van der Waals surface area contributed by atoms with Gasteiger partial charge in [0, 0.05) is 6.42 Å². The molecule has 0 amide bonds. The third-order valence-corrected chi connectivity index (χ3v) is 1.80. The van der Waals surface area contributed by atoms with Crippen molar-refractivity contribution >= 4 is 5.97 Å². The van der Waals surface area contributed by atoms with Crippen molar-refractivity contribution in [1.29, 1.82) is 0 Å². The van der Waals surface area contributed by atoms with E-state index in [1.54, 1.807) is 7.11 Å². The minimum atomic E-state index is -0.786. The molecule has 0 unspecified atom stereocenters. The van der Waals surface area contributed by atoms with Crippen LogP contribution in [0.5, 0.6) is 5.75 Å². The van der Waals surface area contributed by atoms with Gasteiger partial charge in [-0.1, -0.05) is 32.0 Å². The molecule has 0 aliphatic carbocycles. The first-order valence-corrected chi connectivity index (χ1v) is 5.07. The maximum absolute atomic E-state index is 10.3. The summed E-state index contributed by atoms with van der Waals surface area (Å²) in [6.45, 7) is 4.00. The SMILES string of the molecule is CC.COc1ccccc1CCC(=O)O. The molecule has 0 radical (unpaired) electrons. The van der Waals surface area contributed by atoms with E-state index in [1.807, 2.05) is 38.1 Å². The molecule has 15 heavy (non-hydrogen) atoms. The molecule has 0 saturated heterocycles. The molecule has 0 heterocycles. The number of carboxylic acid groups (broad SMARTS) is 1. The van der Waals surface area contributed by atoms with Crippen LogP contribution in [-0.4, -0.2) is 18.2 Å². The second kappa shape index (κ2) is 7.85. The molecule has 1 rings (SSSR count). The molecule has 0 atom stereocenters. The maximum Gasteiger partial charge on any atom is 0.303 e. The van der Waals surface area contributed by atoms with E-state index in [2.05, 4.69) is 0 Å². The van der Waals surface area contributed by atoms with E-state index in [9.17, 15) is 4.79 Å². The number of benzene rings is 1. The molecule has 0 spiro atoms. The molecule has 0 saturated carbocycles. The summed E-state index contributed by atoms with van der Waals surface area (Å²) in [5.74, 6) is -0.0327. The van der Waals surface area contributed by atoms with E-state index < -0.39 is 5.97 Å².